The Bertz CT molecular complexity index is 639. The number of rotatable bonds is 3. The largest absolute Gasteiger partial charge is 0.494 e. The quantitative estimate of drug-likeness (QED) is 0.794. The number of likely N-dealkylation sites (tertiary alicyclic amines) is 1. The first-order chi connectivity index (χ1) is 11.7. The van der Waals surface area contributed by atoms with Gasteiger partial charge in [-0.15, -0.1) is 0 Å². The van der Waals surface area contributed by atoms with Crippen LogP contribution < -0.4 is 5.46 Å². The molecule has 2 fully saturated rings. The molecule has 0 N–H and O–H groups in total. The van der Waals surface area contributed by atoms with Gasteiger partial charge in [-0.05, 0) is 71.2 Å². The summed E-state index contributed by atoms with van der Waals surface area (Å²) < 4.78 is 12.2. The molecular weight excluding hydrogens is 311 g/mol. The van der Waals surface area contributed by atoms with Gasteiger partial charge >= 0.3 is 7.12 Å². The van der Waals surface area contributed by atoms with E-state index in [1.165, 1.54) is 0 Å². The maximum absolute atomic E-state index is 9.85. The molecule has 4 nitrogen and oxygen atoms in total. The second-order valence-electron chi connectivity index (χ2n) is 8.34. The topological polar surface area (TPSA) is 45.5 Å². The lowest BCUT2D eigenvalue weighted by molar-refractivity contribution is 0.00578. The zero-order valence-electron chi connectivity index (χ0n) is 16.1. The van der Waals surface area contributed by atoms with Crippen molar-refractivity contribution in [3.63, 3.8) is 0 Å². The van der Waals surface area contributed by atoms with Gasteiger partial charge in [0, 0.05) is 0 Å². The van der Waals surface area contributed by atoms with Crippen LogP contribution in [0.3, 0.4) is 0 Å². The molecule has 134 valence electrons. The Morgan fingerprint density at radius 2 is 1.56 bits per heavy atom. The van der Waals surface area contributed by atoms with Gasteiger partial charge in [0.15, 0.2) is 0 Å². The standard InChI is InChI=1S/C20H29BN2O2/c1-6-23-13-11-20(15-22,12-14-23)16-7-9-17(10-8-16)21-24-18(2,3)19(4,5)25-21/h7-10H,6,11-14H2,1-5H3. The Balaban J connectivity index is 1.78. The molecule has 0 aromatic heterocycles. The van der Waals surface area contributed by atoms with Gasteiger partial charge in [0.1, 0.15) is 0 Å². The van der Waals surface area contributed by atoms with E-state index in [4.69, 9.17) is 9.31 Å². The normalized spacial score (nSPS) is 24.9. The highest BCUT2D eigenvalue weighted by Crippen LogP contribution is 2.37. The first-order valence-electron chi connectivity index (χ1n) is 9.33. The molecule has 0 radical (unpaired) electrons. The predicted molar refractivity (Wildman–Crippen MR) is 101 cm³/mol. The van der Waals surface area contributed by atoms with E-state index in [9.17, 15) is 5.26 Å². The lowest BCUT2D eigenvalue weighted by atomic mass is 9.72. The number of benzene rings is 1. The van der Waals surface area contributed by atoms with Crippen LogP contribution in [0.25, 0.3) is 0 Å². The second kappa shape index (κ2) is 6.43. The summed E-state index contributed by atoms with van der Waals surface area (Å²) in [6.07, 6.45) is 1.79. The van der Waals surface area contributed by atoms with E-state index < -0.39 is 0 Å². The van der Waals surface area contributed by atoms with Crippen LogP contribution in [0.1, 0.15) is 53.0 Å². The van der Waals surface area contributed by atoms with Crippen molar-refractivity contribution in [3.8, 4) is 6.07 Å². The summed E-state index contributed by atoms with van der Waals surface area (Å²) in [7, 11) is -0.348. The summed E-state index contributed by atoms with van der Waals surface area (Å²) in [4.78, 5) is 2.41. The van der Waals surface area contributed by atoms with Crippen LogP contribution in [0.4, 0.5) is 0 Å². The smallest absolute Gasteiger partial charge is 0.399 e. The monoisotopic (exact) mass is 340 g/mol. The molecule has 0 aliphatic carbocycles. The predicted octanol–water partition coefficient (Wildman–Crippen LogP) is 2.86. The zero-order valence-corrected chi connectivity index (χ0v) is 16.1. The number of nitriles is 1. The highest BCUT2D eigenvalue weighted by atomic mass is 16.7. The molecule has 0 amide bonds. The Hall–Kier alpha value is -1.35. The first kappa shape index (κ1) is 18.4. The van der Waals surface area contributed by atoms with Crippen LogP contribution in [-0.2, 0) is 14.7 Å². The van der Waals surface area contributed by atoms with Crippen LogP contribution in [0, 0.1) is 11.3 Å². The van der Waals surface area contributed by atoms with E-state index >= 15 is 0 Å². The molecule has 1 aromatic rings. The second-order valence-corrected chi connectivity index (χ2v) is 8.34. The van der Waals surface area contributed by atoms with Crippen molar-refractivity contribution in [2.24, 2.45) is 0 Å². The summed E-state index contributed by atoms with van der Waals surface area (Å²) in [6.45, 7) is 13.5. The third-order valence-electron chi connectivity index (χ3n) is 6.36. The van der Waals surface area contributed by atoms with Crippen molar-refractivity contribution in [2.75, 3.05) is 19.6 Å². The van der Waals surface area contributed by atoms with Crippen molar-refractivity contribution in [1.29, 1.82) is 5.26 Å². The van der Waals surface area contributed by atoms with Gasteiger partial charge in [-0.2, -0.15) is 5.26 Å². The average Bonchev–Trinajstić information content (AvgIpc) is 2.83. The van der Waals surface area contributed by atoms with Crippen LogP contribution in [-0.4, -0.2) is 42.9 Å². The minimum Gasteiger partial charge on any atom is -0.399 e. The summed E-state index contributed by atoms with van der Waals surface area (Å²) in [5.41, 5.74) is 1.10. The highest BCUT2D eigenvalue weighted by Gasteiger charge is 2.51. The Kier molecular flexibility index (Phi) is 4.74. The van der Waals surface area contributed by atoms with Crippen LogP contribution in [0.2, 0.25) is 0 Å². The van der Waals surface area contributed by atoms with Crippen LogP contribution >= 0.6 is 0 Å². The fourth-order valence-corrected chi connectivity index (χ4v) is 3.65. The van der Waals surface area contributed by atoms with E-state index in [2.05, 4.69) is 69.9 Å². The third kappa shape index (κ3) is 3.24. The van der Waals surface area contributed by atoms with Gasteiger partial charge in [0.25, 0.3) is 0 Å². The Labute approximate surface area is 152 Å². The van der Waals surface area contributed by atoms with Gasteiger partial charge in [0.05, 0.1) is 22.7 Å². The Morgan fingerprint density at radius 3 is 2.00 bits per heavy atom. The number of hydrogen-bond acceptors (Lipinski definition) is 4. The van der Waals surface area contributed by atoms with Gasteiger partial charge in [-0.25, -0.2) is 0 Å². The lowest BCUT2D eigenvalue weighted by Gasteiger charge is -2.37. The molecule has 0 atom stereocenters. The summed E-state index contributed by atoms with van der Waals surface area (Å²) in [5, 5.41) is 9.85. The van der Waals surface area contributed by atoms with Gasteiger partial charge < -0.3 is 14.2 Å². The van der Waals surface area contributed by atoms with Crippen LogP contribution in [0.5, 0.6) is 0 Å². The highest BCUT2D eigenvalue weighted by molar-refractivity contribution is 6.62. The summed E-state index contributed by atoms with van der Waals surface area (Å²) >= 11 is 0. The number of nitrogens with zero attached hydrogens (tertiary/aromatic N) is 2. The SMILES string of the molecule is CCN1CCC(C#N)(c2ccc(B3OC(C)(C)C(C)(C)O3)cc2)CC1. The molecule has 0 spiro atoms. The lowest BCUT2D eigenvalue weighted by Crippen LogP contribution is -2.42. The molecule has 3 rings (SSSR count). The average molecular weight is 340 g/mol. The van der Waals surface area contributed by atoms with Crippen molar-refractivity contribution in [2.45, 2.75) is 64.1 Å². The minimum absolute atomic E-state index is 0.336. The fourth-order valence-electron chi connectivity index (χ4n) is 3.65. The van der Waals surface area contributed by atoms with Gasteiger partial charge in [-0.1, -0.05) is 31.2 Å². The van der Waals surface area contributed by atoms with Crippen molar-refractivity contribution >= 4 is 12.6 Å². The summed E-state index contributed by atoms with van der Waals surface area (Å²) in [5.74, 6) is 0. The van der Waals surface area contributed by atoms with Crippen molar-refractivity contribution in [1.82, 2.24) is 4.90 Å². The van der Waals surface area contributed by atoms with E-state index in [0.29, 0.717) is 0 Å². The number of hydrogen-bond donors (Lipinski definition) is 0. The molecule has 0 unspecified atom stereocenters. The zero-order chi connectivity index (χ0) is 18.3. The Morgan fingerprint density at radius 1 is 1.04 bits per heavy atom. The van der Waals surface area contributed by atoms with Crippen LogP contribution in [0.15, 0.2) is 24.3 Å². The molecular formula is C20H29BN2O2. The van der Waals surface area contributed by atoms with Crippen molar-refractivity contribution in [3.05, 3.63) is 29.8 Å². The van der Waals surface area contributed by atoms with E-state index in [1.54, 1.807) is 0 Å². The molecule has 2 heterocycles. The maximum atomic E-state index is 9.85. The van der Waals surface area contributed by atoms with Crippen molar-refractivity contribution < 1.29 is 9.31 Å². The molecule has 2 saturated heterocycles. The van der Waals surface area contributed by atoms with Gasteiger partial charge in [-0.3, -0.25) is 0 Å². The summed E-state index contributed by atoms with van der Waals surface area (Å²) in [6, 6.07) is 10.9. The maximum Gasteiger partial charge on any atom is 0.494 e. The van der Waals surface area contributed by atoms with Gasteiger partial charge in [0.2, 0.25) is 0 Å². The molecule has 5 heteroatoms. The van der Waals surface area contributed by atoms with E-state index in [0.717, 1.165) is 43.5 Å². The molecule has 2 aliphatic rings. The minimum atomic E-state index is -0.361. The first-order valence-corrected chi connectivity index (χ1v) is 9.33. The molecule has 2 aliphatic heterocycles. The molecule has 0 saturated carbocycles. The van der Waals surface area contributed by atoms with E-state index in [1.807, 2.05) is 0 Å². The van der Waals surface area contributed by atoms with E-state index in [-0.39, 0.29) is 23.7 Å². The molecule has 0 bridgehead atoms. The fraction of sp³-hybridized carbons (Fsp3) is 0.650. The number of piperidine rings is 1. The molecule has 25 heavy (non-hydrogen) atoms. The third-order valence-corrected chi connectivity index (χ3v) is 6.36. The molecule has 1 aromatic carbocycles.